The normalized spacial score (nSPS) is 10.5. The number of hydrogen-bond donors (Lipinski definition) is 1. The van der Waals surface area contributed by atoms with Crippen LogP contribution in [-0.4, -0.2) is 29.7 Å². The number of ether oxygens (including phenoxy) is 1. The SMILES string of the molecule is CCOc1ccc(Nc2cc(N(CC)CC)nc(-c3ccccc3)n2)cc1. The quantitative estimate of drug-likeness (QED) is 0.602. The molecule has 2 aromatic carbocycles. The highest BCUT2D eigenvalue weighted by atomic mass is 16.5. The fourth-order valence-electron chi connectivity index (χ4n) is 2.87. The van der Waals surface area contributed by atoms with Gasteiger partial charge in [-0.3, -0.25) is 0 Å². The van der Waals surface area contributed by atoms with Crippen LogP contribution in [0.1, 0.15) is 20.8 Å². The van der Waals surface area contributed by atoms with Crippen LogP contribution in [0.25, 0.3) is 11.4 Å². The number of aromatic nitrogens is 2. The van der Waals surface area contributed by atoms with Crippen molar-refractivity contribution in [2.24, 2.45) is 0 Å². The highest BCUT2D eigenvalue weighted by molar-refractivity contribution is 5.65. The van der Waals surface area contributed by atoms with E-state index in [-0.39, 0.29) is 0 Å². The van der Waals surface area contributed by atoms with E-state index < -0.39 is 0 Å². The van der Waals surface area contributed by atoms with Gasteiger partial charge in [-0.15, -0.1) is 0 Å². The predicted octanol–water partition coefficient (Wildman–Crippen LogP) is 5.13. The summed E-state index contributed by atoms with van der Waals surface area (Å²) in [5.41, 5.74) is 1.96. The number of anilines is 3. The van der Waals surface area contributed by atoms with Gasteiger partial charge in [0.2, 0.25) is 0 Å². The molecule has 0 aliphatic rings. The van der Waals surface area contributed by atoms with Crippen molar-refractivity contribution in [3.63, 3.8) is 0 Å². The Labute approximate surface area is 161 Å². The van der Waals surface area contributed by atoms with E-state index in [0.717, 1.165) is 41.7 Å². The molecule has 0 bridgehead atoms. The van der Waals surface area contributed by atoms with Gasteiger partial charge >= 0.3 is 0 Å². The van der Waals surface area contributed by atoms with E-state index in [2.05, 4.69) is 24.1 Å². The molecule has 0 saturated heterocycles. The van der Waals surface area contributed by atoms with Gasteiger partial charge in [0.1, 0.15) is 17.4 Å². The van der Waals surface area contributed by atoms with Crippen LogP contribution < -0.4 is 15.0 Å². The second-order valence-corrected chi connectivity index (χ2v) is 6.06. The van der Waals surface area contributed by atoms with E-state index in [9.17, 15) is 0 Å². The first-order valence-corrected chi connectivity index (χ1v) is 9.42. The summed E-state index contributed by atoms with van der Waals surface area (Å²) >= 11 is 0. The van der Waals surface area contributed by atoms with Crippen molar-refractivity contribution in [1.82, 2.24) is 9.97 Å². The highest BCUT2D eigenvalue weighted by Gasteiger charge is 2.11. The molecule has 0 aliphatic heterocycles. The maximum Gasteiger partial charge on any atom is 0.163 e. The van der Waals surface area contributed by atoms with Gasteiger partial charge in [-0.1, -0.05) is 30.3 Å². The highest BCUT2D eigenvalue weighted by Crippen LogP contribution is 2.25. The molecule has 0 saturated carbocycles. The maximum absolute atomic E-state index is 5.51. The fraction of sp³-hybridized carbons (Fsp3) is 0.273. The molecular weight excluding hydrogens is 336 g/mol. The molecule has 0 fully saturated rings. The zero-order valence-corrected chi connectivity index (χ0v) is 16.1. The molecule has 5 nitrogen and oxygen atoms in total. The predicted molar refractivity (Wildman–Crippen MR) is 112 cm³/mol. The number of nitrogens with one attached hydrogen (secondary N) is 1. The van der Waals surface area contributed by atoms with Gasteiger partial charge in [-0.2, -0.15) is 0 Å². The molecule has 5 heteroatoms. The van der Waals surface area contributed by atoms with Crippen molar-refractivity contribution >= 4 is 17.3 Å². The Kier molecular flexibility index (Phi) is 6.26. The molecule has 1 aromatic heterocycles. The first kappa shape index (κ1) is 18.7. The van der Waals surface area contributed by atoms with E-state index >= 15 is 0 Å². The standard InChI is InChI=1S/C22H26N4O/c1-4-26(5-2)21-16-20(23-18-12-14-19(15-13-18)27-6-3)24-22(25-21)17-10-8-7-9-11-17/h7-16H,4-6H2,1-3H3,(H,23,24,25). The molecule has 27 heavy (non-hydrogen) atoms. The van der Waals surface area contributed by atoms with Crippen LogP contribution in [0.15, 0.2) is 60.7 Å². The summed E-state index contributed by atoms with van der Waals surface area (Å²) in [6, 6.07) is 20.0. The Morgan fingerprint density at radius 2 is 1.59 bits per heavy atom. The Balaban J connectivity index is 1.94. The number of nitrogens with zero attached hydrogens (tertiary/aromatic N) is 3. The van der Waals surface area contributed by atoms with Crippen molar-refractivity contribution in [3.8, 4) is 17.1 Å². The van der Waals surface area contributed by atoms with Gasteiger partial charge in [0.15, 0.2) is 5.82 Å². The monoisotopic (exact) mass is 362 g/mol. The molecule has 0 unspecified atom stereocenters. The maximum atomic E-state index is 5.51. The lowest BCUT2D eigenvalue weighted by Gasteiger charge is -2.21. The molecule has 3 rings (SSSR count). The minimum absolute atomic E-state index is 0.659. The van der Waals surface area contributed by atoms with Crippen LogP contribution in [0.5, 0.6) is 5.75 Å². The first-order valence-electron chi connectivity index (χ1n) is 9.42. The molecule has 0 spiro atoms. The zero-order valence-electron chi connectivity index (χ0n) is 16.1. The van der Waals surface area contributed by atoms with Crippen LogP contribution in [0, 0.1) is 0 Å². The largest absolute Gasteiger partial charge is 0.494 e. The lowest BCUT2D eigenvalue weighted by Crippen LogP contribution is -2.23. The minimum atomic E-state index is 0.659. The topological polar surface area (TPSA) is 50.3 Å². The van der Waals surface area contributed by atoms with Gasteiger partial charge in [0.25, 0.3) is 0 Å². The Bertz CT molecular complexity index is 846. The molecule has 1 heterocycles. The van der Waals surface area contributed by atoms with Crippen molar-refractivity contribution in [2.45, 2.75) is 20.8 Å². The van der Waals surface area contributed by atoms with Crippen LogP contribution >= 0.6 is 0 Å². The van der Waals surface area contributed by atoms with Gasteiger partial charge in [0, 0.05) is 30.4 Å². The Hall–Kier alpha value is -3.08. The third-order valence-corrected chi connectivity index (χ3v) is 4.27. The zero-order chi connectivity index (χ0) is 19.1. The molecule has 1 N–H and O–H groups in total. The number of rotatable bonds is 8. The molecular formula is C22H26N4O. The lowest BCUT2D eigenvalue weighted by molar-refractivity contribution is 0.340. The Morgan fingerprint density at radius 3 is 2.22 bits per heavy atom. The summed E-state index contributed by atoms with van der Waals surface area (Å²) in [4.78, 5) is 11.7. The third kappa shape index (κ3) is 4.76. The van der Waals surface area contributed by atoms with Crippen molar-refractivity contribution in [2.75, 3.05) is 29.9 Å². The first-order chi connectivity index (χ1) is 13.2. The molecule has 0 radical (unpaired) electrons. The molecule has 0 amide bonds. The summed E-state index contributed by atoms with van der Waals surface area (Å²) in [5, 5.41) is 3.39. The average molecular weight is 362 g/mol. The van der Waals surface area contributed by atoms with E-state index in [1.807, 2.05) is 67.6 Å². The van der Waals surface area contributed by atoms with Crippen LogP contribution in [0.2, 0.25) is 0 Å². The van der Waals surface area contributed by atoms with E-state index in [1.165, 1.54) is 0 Å². The summed E-state index contributed by atoms with van der Waals surface area (Å²) in [6.45, 7) is 8.69. The van der Waals surface area contributed by atoms with Crippen LogP contribution in [-0.2, 0) is 0 Å². The smallest absolute Gasteiger partial charge is 0.163 e. The minimum Gasteiger partial charge on any atom is -0.494 e. The average Bonchev–Trinajstić information content (AvgIpc) is 2.71. The molecule has 0 atom stereocenters. The number of benzene rings is 2. The van der Waals surface area contributed by atoms with Gasteiger partial charge in [-0.25, -0.2) is 9.97 Å². The van der Waals surface area contributed by atoms with Crippen LogP contribution in [0.3, 0.4) is 0 Å². The second kappa shape index (κ2) is 9.03. The summed E-state index contributed by atoms with van der Waals surface area (Å²) in [7, 11) is 0. The van der Waals surface area contributed by atoms with Crippen LogP contribution in [0.4, 0.5) is 17.3 Å². The second-order valence-electron chi connectivity index (χ2n) is 6.06. The van der Waals surface area contributed by atoms with E-state index in [1.54, 1.807) is 0 Å². The fourth-order valence-corrected chi connectivity index (χ4v) is 2.87. The third-order valence-electron chi connectivity index (χ3n) is 4.27. The van der Waals surface area contributed by atoms with Crippen molar-refractivity contribution in [3.05, 3.63) is 60.7 Å². The summed E-state index contributed by atoms with van der Waals surface area (Å²) in [6.07, 6.45) is 0. The Morgan fingerprint density at radius 1 is 0.889 bits per heavy atom. The number of hydrogen-bond acceptors (Lipinski definition) is 5. The van der Waals surface area contributed by atoms with Gasteiger partial charge in [-0.05, 0) is 45.0 Å². The van der Waals surface area contributed by atoms with Gasteiger partial charge < -0.3 is 15.0 Å². The summed E-state index contributed by atoms with van der Waals surface area (Å²) in [5.74, 6) is 3.27. The van der Waals surface area contributed by atoms with Crippen molar-refractivity contribution in [1.29, 1.82) is 0 Å². The van der Waals surface area contributed by atoms with Crippen molar-refractivity contribution < 1.29 is 4.74 Å². The lowest BCUT2D eigenvalue weighted by atomic mass is 10.2. The molecule has 3 aromatic rings. The van der Waals surface area contributed by atoms with E-state index in [4.69, 9.17) is 14.7 Å². The molecule has 0 aliphatic carbocycles. The van der Waals surface area contributed by atoms with E-state index in [0.29, 0.717) is 12.4 Å². The summed E-state index contributed by atoms with van der Waals surface area (Å²) < 4.78 is 5.51. The van der Waals surface area contributed by atoms with Gasteiger partial charge in [0.05, 0.1) is 6.61 Å². The molecule has 140 valence electrons.